The number of hydrogen-bond donors (Lipinski definition) is 2. The van der Waals surface area contributed by atoms with E-state index in [0.29, 0.717) is 11.8 Å². The summed E-state index contributed by atoms with van der Waals surface area (Å²) in [6, 6.07) is -0.354. The minimum atomic E-state index is -0.354. The fraction of sp³-hybridized carbons (Fsp3) is 0.917. The molecule has 94 valence electrons. The van der Waals surface area contributed by atoms with Gasteiger partial charge in [0, 0.05) is 19.7 Å². The molecule has 16 heavy (non-hydrogen) atoms. The van der Waals surface area contributed by atoms with Crippen LogP contribution in [0.2, 0.25) is 0 Å². The first-order valence-electron chi connectivity index (χ1n) is 6.19. The van der Waals surface area contributed by atoms with Crippen LogP contribution in [0.15, 0.2) is 0 Å². The minimum absolute atomic E-state index is 0.0779. The SMILES string of the molecule is CC(C)C[C@@H](N)C(=O)N1CCC(CCO)C1. The fourth-order valence-electron chi connectivity index (χ4n) is 2.29. The van der Waals surface area contributed by atoms with E-state index in [-0.39, 0.29) is 18.6 Å². The van der Waals surface area contributed by atoms with E-state index in [4.69, 9.17) is 10.8 Å². The van der Waals surface area contributed by atoms with E-state index in [0.717, 1.165) is 32.4 Å². The van der Waals surface area contributed by atoms with E-state index in [1.54, 1.807) is 0 Å². The largest absolute Gasteiger partial charge is 0.396 e. The summed E-state index contributed by atoms with van der Waals surface area (Å²) < 4.78 is 0. The van der Waals surface area contributed by atoms with Gasteiger partial charge in [0.25, 0.3) is 0 Å². The molecular formula is C12H24N2O2. The zero-order chi connectivity index (χ0) is 12.1. The lowest BCUT2D eigenvalue weighted by atomic mass is 10.0. The molecule has 0 aromatic carbocycles. The second-order valence-electron chi connectivity index (χ2n) is 5.19. The van der Waals surface area contributed by atoms with E-state index < -0.39 is 0 Å². The maximum Gasteiger partial charge on any atom is 0.239 e. The molecule has 2 atom stereocenters. The highest BCUT2D eigenvalue weighted by Crippen LogP contribution is 2.20. The van der Waals surface area contributed by atoms with Crippen molar-refractivity contribution in [3.8, 4) is 0 Å². The maximum absolute atomic E-state index is 12.0. The molecule has 0 radical (unpaired) electrons. The molecule has 3 N–H and O–H groups in total. The molecule has 4 nitrogen and oxygen atoms in total. The number of rotatable bonds is 5. The van der Waals surface area contributed by atoms with Crippen LogP contribution >= 0.6 is 0 Å². The zero-order valence-corrected chi connectivity index (χ0v) is 10.4. The summed E-state index contributed by atoms with van der Waals surface area (Å²) in [7, 11) is 0. The normalized spacial score (nSPS) is 22.8. The second kappa shape index (κ2) is 6.21. The van der Waals surface area contributed by atoms with E-state index in [9.17, 15) is 4.79 Å². The zero-order valence-electron chi connectivity index (χ0n) is 10.4. The second-order valence-corrected chi connectivity index (χ2v) is 5.19. The molecule has 0 aliphatic carbocycles. The number of amides is 1. The van der Waals surface area contributed by atoms with Crippen molar-refractivity contribution in [2.24, 2.45) is 17.6 Å². The van der Waals surface area contributed by atoms with Gasteiger partial charge in [-0.15, -0.1) is 0 Å². The van der Waals surface area contributed by atoms with Gasteiger partial charge in [0.1, 0.15) is 0 Å². The van der Waals surface area contributed by atoms with Crippen LogP contribution in [0.5, 0.6) is 0 Å². The first-order chi connectivity index (χ1) is 7.54. The monoisotopic (exact) mass is 228 g/mol. The Kier molecular flexibility index (Phi) is 5.22. The molecule has 1 fully saturated rings. The van der Waals surface area contributed by atoms with Gasteiger partial charge in [0.05, 0.1) is 6.04 Å². The van der Waals surface area contributed by atoms with E-state index in [1.165, 1.54) is 0 Å². The predicted octanol–water partition coefficient (Wildman–Crippen LogP) is 0.591. The standard InChI is InChI=1S/C12H24N2O2/c1-9(2)7-11(13)12(16)14-5-3-10(8-14)4-6-15/h9-11,15H,3-8,13H2,1-2H3/t10?,11-/m1/s1. The first kappa shape index (κ1) is 13.5. The van der Waals surface area contributed by atoms with Crippen molar-refractivity contribution < 1.29 is 9.90 Å². The van der Waals surface area contributed by atoms with Gasteiger partial charge in [-0.05, 0) is 31.1 Å². The van der Waals surface area contributed by atoms with Gasteiger partial charge in [0.2, 0.25) is 5.91 Å². The number of aliphatic hydroxyl groups excluding tert-OH is 1. The van der Waals surface area contributed by atoms with E-state index in [1.807, 2.05) is 4.90 Å². The molecule has 1 aliphatic rings. The van der Waals surface area contributed by atoms with Crippen LogP contribution in [0, 0.1) is 11.8 Å². The summed E-state index contributed by atoms with van der Waals surface area (Å²) in [5.74, 6) is 0.990. The lowest BCUT2D eigenvalue weighted by Crippen LogP contribution is -2.43. The Bertz CT molecular complexity index is 231. The molecule has 1 heterocycles. The topological polar surface area (TPSA) is 66.6 Å². The summed E-state index contributed by atoms with van der Waals surface area (Å²) in [5.41, 5.74) is 5.88. The fourth-order valence-corrected chi connectivity index (χ4v) is 2.29. The van der Waals surface area contributed by atoms with Gasteiger partial charge in [-0.1, -0.05) is 13.8 Å². The van der Waals surface area contributed by atoms with Gasteiger partial charge in [-0.2, -0.15) is 0 Å². The maximum atomic E-state index is 12.0. The van der Waals surface area contributed by atoms with Crippen molar-refractivity contribution in [1.29, 1.82) is 0 Å². The minimum Gasteiger partial charge on any atom is -0.396 e. The predicted molar refractivity (Wildman–Crippen MR) is 63.8 cm³/mol. The number of nitrogens with two attached hydrogens (primary N) is 1. The van der Waals surface area contributed by atoms with Crippen LogP contribution in [0.3, 0.4) is 0 Å². The highest BCUT2D eigenvalue weighted by molar-refractivity contribution is 5.81. The molecule has 1 amide bonds. The molecule has 1 aliphatic heterocycles. The van der Waals surface area contributed by atoms with Crippen molar-refractivity contribution in [2.75, 3.05) is 19.7 Å². The first-order valence-corrected chi connectivity index (χ1v) is 6.19. The third-order valence-electron chi connectivity index (χ3n) is 3.18. The van der Waals surface area contributed by atoms with E-state index >= 15 is 0 Å². The van der Waals surface area contributed by atoms with Crippen LogP contribution in [0.1, 0.15) is 33.1 Å². The van der Waals surface area contributed by atoms with Crippen molar-refractivity contribution in [2.45, 2.75) is 39.2 Å². The van der Waals surface area contributed by atoms with Crippen LogP contribution in [-0.4, -0.2) is 41.7 Å². The summed E-state index contributed by atoms with van der Waals surface area (Å²) in [6.45, 7) is 5.93. The molecule has 1 rings (SSSR count). The molecule has 1 saturated heterocycles. The highest BCUT2D eigenvalue weighted by Gasteiger charge is 2.28. The van der Waals surface area contributed by atoms with E-state index in [2.05, 4.69) is 13.8 Å². The van der Waals surface area contributed by atoms with Crippen molar-refractivity contribution in [3.05, 3.63) is 0 Å². The average Bonchev–Trinajstić information content (AvgIpc) is 2.64. The summed E-state index contributed by atoms with van der Waals surface area (Å²) in [6.07, 6.45) is 2.55. The third kappa shape index (κ3) is 3.76. The molecule has 0 aromatic heterocycles. The number of carbonyl (C=O) groups is 1. The number of aliphatic hydroxyl groups is 1. The molecular weight excluding hydrogens is 204 g/mol. The number of carbonyl (C=O) groups excluding carboxylic acids is 1. The Balaban J connectivity index is 2.38. The Morgan fingerprint density at radius 1 is 1.56 bits per heavy atom. The quantitative estimate of drug-likeness (QED) is 0.724. The Labute approximate surface area is 97.8 Å². The molecule has 0 aromatic rings. The number of likely N-dealkylation sites (tertiary alicyclic amines) is 1. The molecule has 4 heteroatoms. The summed E-state index contributed by atoms with van der Waals surface area (Å²) in [5, 5.41) is 8.85. The number of hydrogen-bond acceptors (Lipinski definition) is 3. The molecule has 0 spiro atoms. The Hall–Kier alpha value is -0.610. The van der Waals surface area contributed by atoms with Crippen LogP contribution in [-0.2, 0) is 4.79 Å². The summed E-state index contributed by atoms with van der Waals surface area (Å²) in [4.78, 5) is 13.8. The molecule has 0 bridgehead atoms. The van der Waals surface area contributed by atoms with Crippen molar-refractivity contribution in [1.82, 2.24) is 4.90 Å². The lowest BCUT2D eigenvalue weighted by molar-refractivity contribution is -0.132. The molecule has 1 unspecified atom stereocenters. The smallest absolute Gasteiger partial charge is 0.239 e. The molecule has 0 saturated carbocycles. The lowest BCUT2D eigenvalue weighted by Gasteiger charge is -2.22. The van der Waals surface area contributed by atoms with Gasteiger partial charge >= 0.3 is 0 Å². The number of nitrogens with zero attached hydrogens (tertiary/aromatic N) is 1. The van der Waals surface area contributed by atoms with Gasteiger partial charge in [0.15, 0.2) is 0 Å². The Morgan fingerprint density at radius 3 is 2.81 bits per heavy atom. The van der Waals surface area contributed by atoms with Crippen LogP contribution < -0.4 is 5.73 Å². The van der Waals surface area contributed by atoms with Crippen molar-refractivity contribution in [3.63, 3.8) is 0 Å². The summed E-state index contributed by atoms with van der Waals surface area (Å²) >= 11 is 0. The highest BCUT2D eigenvalue weighted by atomic mass is 16.3. The average molecular weight is 228 g/mol. The van der Waals surface area contributed by atoms with Crippen molar-refractivity contribution >= 4 is 5.91 Å². The van der Waals surface area contributed by atoms with Gasteiger partial charge in [-0.25, -0.2) is 0 Å². The van der Waals surface area contributed by atoms with Crippen LogP contribution in [0.25, 0.3) is 0 Å². The van der Waals surface area contributed by atoms with Crippen LogP contribution in [0.4, 0.5) is 0 Å². The van der Waals surface area contributed by atoms with Gasteiger partial charge in [-0.3, -0.25) is 4.79 Å². The Morgan fingerprint density at radius 2 is 2.25 bits per heavy atom. The van der Waals surface area contributed by atoms with Gasteiger partial charge < -0.3 is 15.7 Å². The third-order valence-corrected chi connectivity index (χ3v) is 3.18.